The van der Waals surface area contributed by atoms with Crippen LogP contribution in [-0.4, -0.2) is 53.6 Å². The van der Waals surface area contributed by atoms with Crippen LogP contribution >= 0.6 is 23.1 Å². The Morgan fingerprint density at radius 3 is 2.63 bits per heavy atom. The lowest BCUT2D eigenvalue weighted by Gasteiger charge is -2.22. The molecule has 1 amide bonds. The average Bonchev–Trinajstić information content (AvgIpc) is 3.70. The summed E-state index contributed by atoms with van der Waals surface area (Å²) in [6, 6.07) is 15.3. The van der Waals surface area contributed by atoms with Crippen LogP contribution < -0.4 is 24.4 Å². The number of aromatic nitrogens is 4. The Labute approximate surface area is 257 Å². The molecule has 0 bridgehead atoms. The molecule has 12 nitrogen and oxygen atoms in total. The first-order valence-corrected chi connectivity index (χ1v) is 15.6. The Kier molecular flexibility index (Phi) is 8.99. The molecule has 43 heavy (non-hydrogen) atoms. The van der Waals surface area contributed by atoms with Crippen molar-refractivity contribution in [2.45, 2.75) is 20.0 Å². The van der Waals surface area contributed by atoms with Gasteiger partial charge in [-0.1, -0.05) is 23.7 Å². The molecule has 224 valence electrons. The molecule has 0 saturated heterocycles. The lowest BCUT2D eigenvalue weighted by Crippen LogP contribution is -2.36. The highest BCUT2D eigenvalue weighted by molar-refractivity contribution is 7.91. The standard InChI is InChI=1S/C28H28ClN7O5S2/c1-4-30-24-12-20(29)10-8-18(24)14-31-27(37)22-6-5-7-25-23(22)15-33-36(25)43(38,39)35(28-32-17-34-42-28)16-19-9-11-21(40-2)13-26(19)41-3/h5-13,15,17,30H,4,14,16H2,1-3H3,(H,31,37). The number of fused-ring (bicyclic) bond motifs is 1. The molecule has 0 aliphatic heterocycles. The minimum absolute atomic E-state index is 0.124. The predicted octanol–water partition coefficient (Wildman–Crippen LogP) is 4.72. The van der Waals surface area contributed by atoms with Gasteiger partial charge in [-0.05, 0) is 48.9 Å². The summed E-state index contributed by atoms with van der Waals surface area (Å²) in [6.07, 6.45) is 2.64. The number of carbonyl (C=O) groups is 1. The van der Waals surface area contributed by atoms with Crippen LogP contribution in [0.3, 0.4) is 0 Å². The van der Waals surface area contributed by atoms with Crippen molar-refractivity contribution in [1.29, 1.82) is 0 Å². The maximum Gasteiger partial charge on any atom is 0.348 e. The van der Waals surface area contributed by atoms with Gasteiger partial charge in [0.05, 0.1) is 38.0 Å². The van der Waals surface area contributed by atoms with Gasteiger partial charge in [0.1, 0.15) is 17.8 Å². The van der Waals surface area contributed by atoms with Crippen molar-refractivity contribution >= 4 is 61.0 Å². The van der Waals surface area contributed by atoms with Crippen LogP contribution in [0, 0.1) is 0 Å². The van der Waals surface area contributed by atoms with E-state index in [4.69, 9.17) is 21.1 Å². The van der Waals surface area contributed by atoms with Crippen LogP contribution in [0.4, 0.5) is 10.8 Å². The van der Waals surface area contributed by atoms with Gasteiger partial charge in [-0.3, -0.25) is 4.79 Å². The van der Waals surface area contributed by atoms with Crippen LogP contribution in [0.1, 0.15) is 28.4 Å². The monoisotopic (exact) mass is 641 g/mol. The van der Waals surface area contributed by atoms with E-state index in [9.17, 15) is 13.2 Å². The number of benzene rings is 3. The Morgan fingerprint density at radius 2 is 1.91 bits per heavy atom. The van der Waals surface area contributed by atoms with Crippen molar-refractivity contribution < 1.29 is 22.7 Å². The van der Waals surface area contributed by atoms with E-state index in [2.05, 4.69) is 25.1 Å². The van der Waals surface area contributed by atoms with Crippen molar-refractivity contribution in [3.05, 3.63) is 88.8 Å². The molecule has 2 aromatic heterocycles. The lowest BCUT2D eigenvalue weighted by atomic mass is 10.1. The zero-order valence-electron chi connectivity index (χ0n) is 23.4. The Hall–Kier alpha value is -4.40. The summed E-state index contributed by atoms with van der Waals surface area (Å²) in [5.41, 5.74) is 2.74. The number of halogens is 1. The number of hydrogen-bond acceptors (Lipinski definition) is 10. The SMILES string of the molecule is CCNc1cc(Cl)ccc1CNC(=O)c1cccc2c1cnn2S(=O)(=O)N(Cc1ccc(OC)cc1OC)c1ncns1. The fourth-order valence-corrected chi connectivity index (χ4v) is 6.79. The molecule has 3 aromatic carbocycles. The van der Waals surface area contributed by atoms with Crippen molar-refractivity contribution in [1.82, 2.24) is 23.9 Å². The van der Waals surface area contributed by atoms with E-state index in [1.807, 2.05) is 13.0 Å². The number of methoxy groups -OCH3 is 2. The molecule has 0 radical (unpaired) electrons. The largest absolute Gasteiger partial charge is 0.497 e. The molecular formula is C28H28ClN7O5S2. The van der Waals surface area contributed by atoms with Crippen molar-refractivity contribution in [3.8, 4) is 11.5 Å². The highest BCUT2D eigenvalue weighted by Crippen LogP contribution is 2.31. The van der Waals surface area contributed by atoms with Gasteiger partial charge in [-0.15, -0.1) is 4.09 Å². The number of amides is 1. The minimum Gasteiger partial charge on any atom is -0.497 e. The fraction of sp³-hybridized carbons (Fsp3) is 0.214. The van der Waals surface area contributed by atoms with E-state index < -0.39 is 10.2 Å². The summed E-state index contributed by atoms with van der Waals surface area (Å²) >= 11 is 7.06. The minimum atomic E-state index is -4.35. The van der Waals surface area contributed by atoms with E-state index in [-0.39, 0.29) is 35.2 Å². The quantitative estimate of drug-likeness (QED) is 0.198. The van der Waals surface area contributed by atoms with E-state index in [0.29, 0.717) is 34.0 Å². The van der Waals surface area contributed by atoms with E-state index in [1.165, 1.54) is 26.7 Å². The summed E-state index contributed by atoms with van der Waals surface area (Å²) in [5.74, 6) is 0.610. The molecule has 0 aliphatic carbocycles. The molecule has 0 spiro atoms. The molecule has 2 heterocycles. The summed E-state index contributed by atoms with van der Waals surface area (Å²) in [6.45, 7) is 2.76. The number of nitrogens with zero attached hydrogens (tertiary/aromatic N) is 5. The van der Waals surface area contributed by atoms with E-state index >= 15 is 0 Å². The van der Waals surface area contributed by atoms with Crippen molar-refractivity contribution in [3.63, 3.8) is 0 Å². The number of hydrogen-bond donors (Lipinski definition) is 2. The van der Waals surface area contributed by atoms with Crippen LogP contribution in [0.25, 0.3) is 10.9 Å². The van der Waals surface area contributed by atoms with Gasteiger partial charge in [0, 0.05) is 52.3 Å². The van der Waals surface area contributed by atoms with Gasteiger partial charge in [0.25, 0.3) is 5.91 Å². The molecule has 0 unspecified atom stereocenters. The van der Waals surface area contributed by atoms with Crippen LogP contribution in [-0.2, 0) is 23.3 Å². The van der Waals surface area contributed by atoms with Crippen molar-refractivity contribution in [2.75, 3.05) is 30.4 Å². The number of nitrogens with one attached hydrogen (secondary N) is 2. The fourth-order valence-electron chi connectivity index (χ4n) is 4.49. The van der Waals surface area contributed by atoms with Gasteiger partial charge in [-0.25, -0.2) is 9.29 Å². The second kappa shape index (κ2) is 12.9. The third-order valence-electron chi connectivity index (χ3n) is 6.57. The molecule has 0 aliphatic rings. The van der Waals surface area contributed by atoms with Crippen LogP contribution in [0.5, 0.6) is 11.5 Å². The lowest BCUT2D eigenvalue weighted by molar-refractivity contribution is 0.0952. The molecule has 2 N–H and O–H groups in total. The topological polar surface area (TPSA) is 141 Å². The highest BCUT2D eigenvalue weighted by Gasteiger charge is 2.31. The smallest absolute Gasteiger partial charge is 0.348 e. The molecule has 0 atom stereocenters. The van der Waals surface area contributed by atoms with Crippen LogP contribution in [0.2, 0.25) is 5.02 Å². The molecule has 5 rings (SSSR count). The Bertz CT molecular complexity index is 1860. The zero-order valence-corrected chi connectivity index (χ0v) is 25.8. The first-order chi connectivity index (χ1) is 20.8. The molecule has 0 saturated carbocycles. The predicted molar refractivity (Wildman–Crippen MR) is 166 cm³/mol. The third kappa shape index (κ3) is 6.21. The molecule has 5 aromatic rings. The van der Waals surface area contributed by atoms with Crippen molar-refractivity contribution in [2.24, 2.45) is 0 Å². The van der Waals surface area contributed by atoms with Gasteiger partial charge >= 0.3 is 10.2 Å². The molecule has 0 fully saturated rings. The Balaban J connectivity index is 1.47. The number of ether oxygens (including phenoxy) is 2. The van der Waals surface area contributed by atoms with E-state index in [0.717, 1.165) is 31.2 Å². The number of anilines is 2. The average molecular weight is 642 g/mol. The Morgan fingerprint density at radius 1 is 1.09 bits per heavy atom. The summed E-state index contributed by atoms with van der Waals surface area (Å²) in [4.78, 5) is 17.5. The van der Waals surface area contributed by atoms with Gasteiger partial charge in [0.2, 0.25) is 5.13 Å². The second-order valence-electron chi connectivity index (χ2n) is 9.16. The maximum atomic E-state index is 14.1. The number of rotatable bonds is 12. The normalized spacial score (nSPS) is 11.3. The molecular weight excluding hydrogens is 614 g/mol. The highest BCUT2D eigenvalue weighted by atomic mass is 35.5. The summed E-state index contributed by atoms with van der Waals surface area (Å²) in [7, 11) is -1.33. The van der Waals surface area contributed by atoms with Gasteiger partial charge < -0.3 is 20.1 Å². The maximum absolute atomic E-state index is 14.1. The zero-order chi connectivity index (χ0) is 30.6. The van der Waals surface area contributed by atoms with Crippen LogP contribution in [0.15, 0.2) is 67.1 Å². The van der Waals surface area contributed by atoms with E-state index in [1.54, 1.807) is 48.5 Å². The first-order valence-electron chi connectivity index (χ1n) is 13.0. The van der Waals surface area contributed by atoms with Gasteiger partial charge in [-0.2, -0.15) is 17.9 Å². The second-order valence-corrected chi connectivity index (χ2v) is 12.0. The van der Waals surface area contributed by atoms with Gasteiger partial charge in [0.15, 0.2) is 0 Å². The summed E-state index contributed by atoms with van der Waals surface area (Å²) in [5, 5.41) is 11.4. The first kappa shape index (κ1) is 30.1. The number of carbonyl (C=O) groups excluding carboxylic acids is 1. The third-order valence-corrected chi connectivity index (χ3v) is 9.20. The molecule has 15 heteroatoms. The summed E-state index contributed by atoms with van der Waals surface area (Å²) < 4.78 is 45.0.